The topological polar surface area (TPSA) is 18.5 Å². The Bertz CT molecular complexity index is 361. The molecule has 0 saturated carbocycles. The molecule has 6 atom stereocenters. The lowest BCUT2D eigenvalue weighted by Gasteiger charge is -2.24. The van der Waals surface area contributed by atoms with E-state index in [1.165, 1.54) is 51.4 Å². The molecule has 30 heavy (non-hydrogen) atoms. The molecular formula is C27H55ClO2. The number of hydrogen-bond acceptors (Lipinski definition) is 2. The van der Waals surface area contributed by atoms with Crippen molar-refractivity contribution >= 4 is 11.6 Å². The van der Waals surface area contributed by atoms with Gasteiger partial charge in [0, 0.05) is 18.6 Å². The van der Waals surface area contributed by atoms with Gasteiger partial charge < -0.3 is 9.47 Å². The van der Waals surface area contributed by atoms with E-state index in [1.54, 1.807) is 0 Å². The van der Waals surface area contributed by atoms with Gasteiger partial charge in [-0.25, -0.2) is 0 Å². The first kappa shape index (κ1) is 30.2. The fourth-order valence-electron chi connectivity index (χ4n) is 5.15. The molecule has 0 aliphatic rings. The number of hydrogen-bond donors (Lipinski definition) is 0. The number of alkyl halides is 1. The summed E-state index contributed by atoms with van der Waals surface area (Å²) < 4.78 is 11.2. The van der Waals surface area contributed by atoms with Gasteiger partial charge in [-0.2, -0.15) is 0 Å². The van der Waals surface area contributed by atoms with E-state index >= 15 is 0 Å². The zero-order valence-corrected chi connectivity index (χ0v) is 22.3. The fraction of sp³-hybridized carbons (Fsp3) is 1.00. The van der Waals surface area contributed by atoms with E-state index < -0.39 is 0 Å². The van der Waals surface area contributed by atoms with Crippen LogP contribution in [0, 0.1) is 29.6 Å². The first-order valence-electron chi connectivity index (χ1n) is 13.0. The lowest BCUT2D eigenvalue weighted by molar-refractivity contribution is -0.0561. The van der Waals surface area contributed by atoms with E-state index in [1.807, 2.05) is 0 Å². The lowest BCUT2D eigenvalue weighted by Crippen LogP contribution is -2.13. The average molecular weight is 447 g/mol. The van der Waals surface area contributed by atoms with Crippen LogP contribution in [-0.2, 0) is 9.47 Å². The summed E-state index contributed by atoms with van der Waals surface area (Å²) in [6.07, 6.45) is 13.9. The SMILES string of the molecule is CCCCCCOCOCCCC(C)CC(C)CC(C)CC(C)CC(C)CC(C)Cl. The molecule has 0 radical (unpaired) electrons. The molecule has 0 fully saturated rings. The predicted octanol–water partition coefficient (Wildman–Crippen LogP) is 9.10. The van der Waals surface area contributed by atoms with Crippen LogP contribution >= 0.6 is 11.6 Å². The molecule has 2 nitrogen and oxygen atoms in total. The number of ether oxygens (including phenoxy) is 2. The quantitative estimate of drug-likeness (QED) is 0.0993. The minimum Gasteiger partial charge on any atom is -0.355 e. The molecule has 0 spiro atoms. The minimum absolute atomic E-state index is 0.305. The second kappa shape index (κ2) is 19.9. The minimum atomic E-state index is 0.305. The van der Waals surface area contributed by atoms with E-state index in [9.17, 15) is 0 Å². The Balaban J connectivity index is 3.71. The highest BCUT2D eigenvalue weighted by atomic mass is 35.5. The molecule has 0 aromatic heterocycles. The molecule has 6 unspecified atom stereocenters. The molecule has 182 valence electrons. The van der Waals surface area contributed by atoms with Crippen molar-refractivity contribution in [2.45, 2.75) is 124 Å². The van der Waals surface area contributed by atoms with Crippen LogP contribution in [0.4, 0.5) is 0 Å². The van der Waals surface area contributed by atoms with Gasteiger partial charge in [-0.3, -0.25) is 0 Å². The molecule has 0 heterocycles. The third-order valence-electron chi connectivity index (χ3n) is 6.24. The van der Waals surface area contributed by atoms with Gasteiger partial charge in [0.2, 0.25) is 0 Å². The maximum atomic E-state index is 6.15. The Hall–Kier alpha value is 0.210. The van der Waals surface area contributed by atoms with Crippen LogP contribution in [0.15, 0.2) is 0 Å². The van der Waals surface area contributed by atoms with Crippen LogP contribution in [0.3, 0.4) is 0 Å². The third-order valence-corrected chi connectivity index (χ3v) is 6.42. The summed E-state index contributed by atoms with van der Waals surface area (Å²) in [6, 6.07) is 0. The molecule has 0 amide bonds. The highest BCUT2D eigenvalue weighted by Gasteiger charge is 2.17. The Labute approximate surface area is 195 Å². The Morgan fingerprint density at radius 1 is 0.567 bits per heavy atom. The van der Waals surface area contributed by atoms with Gasteiger partial charge in [0.05, 0.1) is 0 Å². The molecule has 0 N–H and O–H groups in total. The Kier molecular flexibility index (Phi) is 20.0. The second-order valence-corrected chi connectivity index (χ2v) is 11.4. The summed E-state index contributed by atoms with van der Waals surface area (Å²) in [7, 11) is 0. The summed E-state index contributed by atoms with van der Waals surface area (Å²) in [4.78, 5) is 0. The standard InChI is InChI=1S/C27H55ClO2/c1-8-9-10-11-14-29-21-30-15-12-13-22(2)16-23(3)17-24(4)18-25(5)19-26(6)20-27(7)28/h22-27H,8-21H2,1-7H3. The molecule has 0 saturated heterocycles. The lowest BCUT2D eigenvalue weighted by atomic mass is 9.82. The van der Waals surface area contributed by atoms with Crippen LogP contribution in [-0.4, -0.2) is 25.4 Å². The van der Waals surface area contributed by atoms with Gasteiger partial charge in [0.15, 0.2) is 0 Å². The van der Waals surface area contributed by atoms with E-state index in [2.05, 4.69) is 48.5 Å². The molecule has 0 aliphatic heterocycles. The van der Waals surface area contributed by atoms with E-state index in [4.69, 9.17) is 21.1 Å². The smallest absolute Gasteiger partial charge is 0.146 e. The first-order valence-corrected chi connectivity index (χ1v) is 13.5. The molecule has 0 aliphatic carbocycles. The molecular weight excluding hydrogens is 392 g/mol. The van der Waals surface area contributed by atoms with Crippen molar-refractivity contribution in [1.29, 1.82) is 0 Å². The van der Waals surface area contributed by atoms with Crippen molar-refractivity contribution in [3.63, 3.8) is 0 Å². The van der Waals surface area contributed by atoms with Gasteiger partial charge in [0.1, 0.15) is 6.79 Å². The van der Waals surface area contributed by atoms with E-state index in [0.717, 1.165) is 62.1 Å². The van der Waals surface area contributed by atoms with Gasteiger partial charge in [0.25, 0.3) is 0 Å². The van der Waals surface area contributed by atoms with Crippen LogP contribution in [0.1, 0.15) is 119 Å². The maximum Gasteiger partial charge on any atom is 0.146 e. The van der Waals surface area contributed by atoms with Crippen molar-refractivity contribution in [3.05, 3.63) is 0 Å². The monoisotopic (exact) mass is 446 g/mol. The van der Waals surface area contributed by atoms with Crippen molar-refractivity contribution in [3.8, 4) is 0 Å². The zero-order valence-electron chi connectivity index (χ0n) is 21.6. The van der Waals surface area contributed by atoms with E-state index in [-0.39, 0.29) is 0 Å². The van der Waals surface area contributed by atoms with Gasteiger partial charge in [-0.05, 0) is 87.9 Å². The van der Waals surface area contributed by atoms with Crippen molar-refractivity contribution in [1.82, 2.24) is 0 Å². The molecule has 0 aromatic carbocycles. The Morgan fingerprint density at radius 3 is 1.53 bits per heavy atom. The first-order chi connectivity index (χ1) is 14.2. The molecule has 0 bridgehead atoms. The summed E-state index contributed by atoms with van der Waals surface area (Å²) in [5.74, 6) is 3.97. The fourth-order valence-corrected chi connectivity index (χ4v) is 5.45. The molecule has 0 rings (SSSR count). The van der Waals surface area contributed by atoms with Crippen LogP contribution < -0.4 is 0 Å². The highest BCUT2D eigenvalue weighted by molar-refractivity contribution is 6.20. The van der Waals surface area contributed by atoms with Crippen LogP contribution in [0.5, 0.6) is 0 Å². The number of halogens is 1. The van der Waals surface area contributed by atoms with Crippen LogP contribution in [0.2, 0.25) is 0 Å². The normalized spacial score (nSPS) is 18.0. The predicted molar refractivity (Wildman–Crippen MR) is 134 cm³/mol. The largest absolute Gasteiger partial charge is 0.355 e. The summed E-state index contributed by atoms with van der Waals surface area (Å²) >= 11 is 6.15. The van der Waals surface area contributed by atoms with Crippen LogP contribution in [0.25, 0.3) is 0 Å². The van der Waals surface area contributed by atoms with Gasteiger partial charge in [-0.15, -0.1) is 11.6 Å². The van der Waals surface area contributed by atoms with Gasteiger partial charge in [-0.1, -0.05) is 60.8 Å². The molecule has 0 aromatic rings. The summed E-state index contributed by atoms with van der Waals surface area (Å²) in [5, 5.41) is 0.305. The van der Waals surface area contributed by atoms with Crippen molar-refractivity contribution in [2.24, 2.45) is 29.6 Å². The van der Waals surface area contributed by atoms with Gasteiger partial charge >= 0.3 is 0 Å². The third kappa shape index (κ3) is 20.1. The average Bonchev–Trinajstić information content (AvgIpc) is 2.61. The highest BCUT2D eigenvalue weighted by Crippen LogP contribution is 2.29. The Morgan fingerprint density at radius 2 is 1.03 bits per heavy atom. The zero-order chi connectivity index (χ0) is 22.8. The maximum absolute atomic E-state index is 6.15. The molecule has 3 heteroatoms. The van der Waals surface area contributed by atoms with Crippen molar-refractivity contribution < 1.29 is 9.47 Å². The van der Waals surface area contributed by atoms with E-state index in [0.29, 0.717) is 12.2 Å². The summed E-state index contributed by atoms with van der Waals surface area (Å²) in [6.45, 7) is 18.6. The number of unbranched alkanes of at least 4 members (excludes halogenated alkanes) is 3. The second-order valence-electron chi connectivity index (χ2n) is 10.6. The summed E-state index contributed by atoms with van der Waals surface area (Å²) in [5.41, 5.74) is 0. The van der Waals surface area contributed by atoms with Crippen molar-refractivity contribution in [2.75, 3.05) is 20.0 Å². The number of rotatable bonds is 21.